The Labute approximate surface area is 381 Å². The van der Waals surface area contributed by atoms with Crippen molar-refractivity contribution in [2.24, 2.45) is 0 Å². The fourth-order valence-electron chi connectivity index (χ4n) is 8.56. The number of carbonyl (C=O) groups is 4. The second-order valence-corrected chi connectivity index (χ2v) is 16.9. The topological polar surface area (TPSA) is 202 Å². The van der Waals surface area contributed by atoms with E-state index >= 15 is 0 Å². The molecule has 1 aromatic carbocycles. The summed E-state index contributed by atoms with van der Waals surface area (Å²) < 4.78 is 22.8. The van der Waals surface area contributed by atoms with Crippen LogP contribution in [0.5, 0.6) is 0 Å². The number of unbranched alkanes of at least 4 members (excludes halogenated alkanes) is 1. The Morgan fingerprint density at radius 3 is 2.15 bits per heavy atom. The second kappa shape index (κ2) is 25.0. The van der Waals surface area contributed by atoms with E-state index < -0.39 is 29.7 Å². The molecule has 18 nitrogen and oxygen atoms in total. The minimum Gasteiger partial charge on any atom is -0.382 e. The molecule has 18 heteroatoms. The van der Waals surface area contributed by atoms with Gasteiger partial charge < -0.3 is 34.9 Å². The third-order valence-corrected chi connectivity index (χ3v) is 12.2. The zero-order chi connectivity index (χ0) is 45.2. The average molecular weight is 899 g/mol. The normalized spacial score (nSPS) is 18.5. The van der Waals surface area contributed by atoms with Gasteiger partial charge in [-0.05, 0) is 49.4 Å². The summed E-state index contributed by atoms with van der Waals surface area (Å²) in [5.41, 5.74) is 3.97. The minimum absolute atomic E-state index is 0.0705. The number of fused-ring (bicyclic) bond motifs is 1. The van der Waals surface area contributed by atoms with Crippen LogP contribution in [0.25, 0.3) is 11.3 Å². The smallest absolute Gasteiger partial charge is 0.264 e. The molecule has 2 aromatic heterocycles. The summed E-state index contributed by atoms with van der Waals surface area (Å²) in [6.45, 7) is 13.0. The molecule has 4 N–H and O–H groups in total. The number of benzene rings is 1. The van der Waals surface area contributed by atoms with Crippen LogP contribution in [-0.2, 0) is 35.1 Å². The number of hydrogen-bond donors (Lipinski definition) is 4. The first kappa shape index (κ1) is 47.8. The van der Waals surface area contributed by atoms with E-state index in [0.717, 1.165) is 80.6 Å². The van der Waals surface area contributed by atoms with Crippen LogP contribution in [0.2, 0.25) is 0 Å². The van der Waals surface area contributed by atoms with E-state index in [1.807, 2.05) is 12.4 Å². The van der Waals surface area contributed by atoms with E-state index in [0.29, 0.717) is 77.1 Å². The summed E-state index contributed by atoms with van der Waals surface area (Å²) in [4.78, 5) is 70.5. The van der Waals surface area contributed by atoms with E-state index in [9.17, 15) is 19.2 Å². The standard InChI is InChI=1S/C47H66N10O8/c1-2-3-16-49-47-51-32-37(43(54-47)52-35-8-5-4-6-9-35)38-13-12-34(31-50-38)33-56-20-18-55(19-21-56)22-24-63-26-28-65-30-29-64-27-25-62-23-17-48-39-11-7-10-36-42(39)46(61)57(45(36)60)40-14-15-41(58)53-44(40)59/h7,10-13,31-32,35,40,48H,2-6,8-9,14-30,33H2,1H3,(H,53,58,59)(H2,49,51,52,54). The van der Waals surface area contributed by atoms with Crippen LogP contribution in [0.15, 0.2) is 42.7 Å². The number of anilines is 3. The number of carbonyl (C=O) groups excluding carboxylic acids is 4. The Bertz CT molecular complexity index is 2030. The number of hydrogen-bond acceptors (Lipinski definition) is 16. The molecule has 65 heavy (non-hydrogen) atoms. The molecule has 1 saturated carbocycles. The predicted octanol–water partition coefficient (Wildman–Crippen LogP) is 4.19. The molecule has 7 rings (SSSR count). The summed E-state index contributed by atoms with van der Waals surface area (Å²) in [6, 6.07) is 8.67. The molecule has 3 fully saturated rings. The van der Waals surface area contributed by atoms with Crippen LogP contribution in [0.3, 0.4) is 0 Å². The van der Waals surface area contributed by atoms with Crippen molar-refractivity contribution in [3.8, 4) is 11.3 Å². The Morgan fingerprint density at radius 2 is 1.45 bits per heavy atom. The van der Waals surface area contributed by atoms with Crippen molar-refractivity contribution in [2.75, 3.05) is 115 Å². The minimum atomic E-state index is -1.01. The van der Waals surface area contributed by atoms with Gasteiger partial charge in [0.15, 0.2) is 0 Å². The maximum atomic E-state index is 13.2. The molecule has 1 atom stereocenters. The van der Waals surface area contributed by atoms with Gasteiger partial charge in [0, 0.05) is 82.9 Å². The summed E-state index contributed by atoms with van der Waals surface area (Å²) >= 11 is 0. The Kier molecular flexibility index (Phi) is 18.4. The maximum absolute atomic E-state index is 13.2. The van der Waals surface area contributed by atoms with Gasteiger partial charge in [-0.3, -0.25) is 44.2 Å². The Balaban J connectivity index is 0.694. The van der Waals surface area contributed by atoms with E-state index in [1.54, 1.807) is 18.2 Å². The van der Waals surface area contributed by atoms with Crippen molar-refractivity contribution < 1.29 is 38.1 Å². The maximum Gasteiger partial charge on any atom is 0.264 e. The molecule has 352 valence electrons. The number of nitrogens with one attached hydrogen (secondary N) is 4. The number of ether oxygens (including phenoxy) is 4. The number of amides is 4. The lowest BCUT2D eigenvalue weighted by atomic mass is 9.95. The molecule has 4 aliphatic rings. The molecule has 4 amide bonds. The first-order chi connectivity index (χ1) is 31.9. The van der Waals surface area contributed by atoms with Crippen LogP contribution in [0, 0.1) is 0 Å². The third-order valence-electron chi connectivity index (χ3n) is 12.2. The number of piperazine rings is 1. The Morgan fingerprint density at radius 1 is 0.723 bits per heavy atom. The van der Waals surface area contributed by atoms with Crippen LogP contribution >= 0.6 is 0 Å². The predicted molar refractivity (Wildman–Crippen MR) is 246 cm³/mol. The van der Waals surface area contributed by atoms with E-state index in [4.69, 9.17) is 28.9 Å². The highest BCUT2D eigenvalue weighted by Gasteiger charge is 2.45. The lowest BCUT2D eigenvalue weighted by molar-refractivity contribution is -0.136. The van der Waals surface area contributed by atoms with Crippen molar-refractivity contribution in [1.82, 2.24) is 35.0 Å². The molecular weight excluding hydrogens is 833 g/mol. The molecule has 2 saturated heterocycles. The second-order valence-electron chi connectivity index (χ2n) is 16.9. The molecule has 3 aromatic rings. The lowest BCUT2D eigenvalue weighted by Gasteiger charge is -2.34. The number of rotatable bonds is 26. The largest absolute Gasteiger partial charge is 0.382 e. The van der Waals surface area contributed by atoms with Crippen LogP contribution in [0.1, 0.15) is 91.0 Å². The van der Waals surface area contributed by atoms with Gasteiger partial charge in [0.2, 0.25) is 17.8 Å². The van der Waals surface area contributed by atoms with Gasteiger partial charge in [-0.15, -0.1) is 0 Å². The summed E-state index contributed by atoms with van der Waals surface area (Å²) in [5, 5.41) is 12.5. The van der Waals surface area contributed by atoms with Gasteiger partial charge in [-0.2, -0.15) is 4.98 Å². The molecule has 1 unspecified atom stereocenters. The number of pyridine rings is 1. The van der Waals surface area contributed by atoms with Crippen molar-refractivity contribution in [1.29, 1.82) is 0 Å². The van der Waals surface area contributed by atoms with Crippen molar-refractivity contribution in [2.45, 2.75) is 83.3 Å². The number of nitrogens with zero attached hydrogens (tertiary/aromatic N) is 6. The SMILES string of the molecule is CCCCNc1ncc(-c2ccc(CN3CCN(CCOCCOCCOCCOCCNc4cccc5c4C(=O)N(C4CCC(=O)NC4=O)C5=O)CC3)cn2)c(NC2CCCCC2)n1. The summed E-state index contributed by atoms with van der Waals surface area (Å²) in [7, 11) is 0. The van der Waals surface area contributed by atoms with Gasteiger partial charge in [-0.1, -0.05) is 44.7 Å². The third kappa shape index (κ3) is 13.7. The fourth-order valence-corrected chi connectivity index (χ4v) is 8.56. The lowest BCUT2D eigenvalue weighted by Crippen LogP contribution is -2.54. The van der Waals surface area contributed by atoms with Crippen molar-refractivity contribution >= 4 is 41.1 Å². The van der Waals surface area contributed by atoms with Gasteiger partial charge in [-0.25, -0.2) is 4.98 Å². The summed E-state index contributed by atoms with van der Waals surface area (Å²) in [6.07, 6.45) is 12.4. The molecule has 0 radical (unpaired) electrons. The van der Waals surface area contributed by atoms with Gasteiger partial charge in [0.1, 0.15) is 11.9 Å². The average Bonchev–Trinajstić information content (AvgIpc) is 3.57. The molecule has 5 heterocycles. The zero-order valence-corrected chi connectivity index (χ0v) is 37.8. The molecule has 0 spiro atoms. The molecule has 1 aliphatic carbocycles. The van der Waals surface area contributed by atoms with Crippen LogP contribution in [-0.4, -0.2) is 164 Å². The number of aromatic nitrogens is 3. The number of imide groups is 2. The highest BCUT2D eigenvalue weighted by atomic mass is 16.6. The highest BCUT2D eigenvalue weighted by molar-refractivity contribution is 6.25. The summed E-state index contributed by atoms with van der Waals surface area (Å²) in [5.74, 6) is -0.601. The van der Waals surface area contributed by atoms with Gasteiger partial charge in [0.05, 0.1) is 75.2 Å². The number of piperidine rings is 1. The molecule has 3 aliphatic heterocycles. The van der Waals surface area contributed by atoms with Crippen molar-refractivity contribution in [3.63, 3.8) is 0 Å². The van der Waals surface area contributed by atoms with Crippen molar-refractivity contribution in [3.05, 3.63) is 59.4 Å². The van der Waals surface area contributed by atoms with E-state index in [2.05, 4.69) is 55.1 Å². The first-order valence-corrected chi connectivity index (χ1v) is 23.5. The zero-order valence-electron chi connectivity index (χ0n) is 37.8. The fraction of sp³-hybridized carbons (Fsp3) is 0.596. The van der Waals surface area contributed by atoms with Crippen LogP contribution in [0.4, 0.5) is 17.5 Å². The van der Waals surface area contributed by atoms with E-state index in [-0.39, 0.29) is 24.0 Å². The monoisotopic (exact) mass is 899 g/mol. The quantitative estimate of drug-likeness (QED) is 0.0660. The molecular formula is C47H66N10O8. The highest BCUT2D eigenvalue weighted by Crippen LogP contribution is 2.33. The Hall–Kier alpha value is -5.11. The van der Waals surface area contributed by atoms with E-state index in [1.165, 1.54) is 37.7 Å². The molecule has 0 bridgehead atoms. The van der Waals surface area contributed by atoms with Gasteiger partial charge >= 0.3 is 0 Å². The van der Waals surface area contributed by atoms with Crippen LogP contribution < -0.4 is 21.3 Å². The first-order valence-electron chi connectivity index (χ1n) is 23.5. The van der Waals surface area contributed by atoms with Gasteiger partial charge in [0.25, 0.3) is 11.8 Å².